The van der Waals surface area contributed by atoms with Gasteiger partial charge in [-0.15, -0.1) is 13.2 Å². The SMILES string of the molecule is N#Cc1cc(OC(F)(F)F)cc(-c2nc(-c3ccc4c(c3)=C3CCC(CC(=O)O)C3N=4)no2)c1. The molecule has 0 saturated heterocycles. The van der Waals surface area contributed by atoms with Crippen LogP contribution in [0, 0.1) is 17.2 Å². The highest BCUT2D eigenvalue weighted by Crippen LogP contribution is 2.37. The van der Waals surface area contributed by atoms with Crippen LogP contribution in [0.25, 0.3) is 28.4 Å². The van der Waals surface area contributed by atoms with E-state index in [9.17, 15) is 18.0 Å². The summed E-state index contributed by atoms with van der Waals surface area (Å²) in [5.41, 5.74) is 1.75. The Kier molecular flexibility index (Phi) is 5.08. The van der Waals surface area contributed by atoms with Crippen molar-refractivity contribution in [2.45, 2.75) is 31.7 Å². The van der Waals surface area contributed by atoms with Crippen molar-refractivity contribution in [3.63, 3.8) is 0 Å². The number of aromatic nitrogens is 2. The summed E-state index contributed by atoms with van der Waals surface area (Å²) in [5.74, 6) is -1.32. The van der Waals surface area contributed by atoms with Crippen LogP contribution >= 0.6 is 0 Å². The number of aliphatic carboxylic acids is 1. The minimum Gasteiger partial charge on any atom is -0.481 e. The van der Waals surface area contributed by atoms with E-state index in [2.05, 4.69) is 14.9 Å². The summed E-state index contributed by atoms with van der Waals surface area (Å²) in [7, 11) is 0. The second-order valence-corrected chi connectivity index (χ2v) is 8.06. The summed E-state index contributed by atoms with van der Waals surface area (Å²) < 4.78 is 47.1. The molecular formula is C23H15F3N4O4. The molecule has 8 nitrogen and oxygen atoms in total. The molecule has 1 aromatic heterocycles. The maximum Gasteiger partial charge on any atom is 0.573 e. The Labute approximate surface area is 189 Å². The van der Waals surface area contributed by atoms with Gasteiger partial charge in [-0.05, 0) is 60.7 Å². The number of ether oxygens (including phenoxy) is 1. The number of carbonyl (C=O) groups is 1. The quantitative estimate of drug-likeness (QED) is 0.610. The molecule has 0 radical (unpaired) electrons. The minimum absolute atomic E-state index is 0.0411. The van der Waals surface area contributed by atoms with Gasteiger partial charge in [0.15, 0.2) is 0 Å². The van der Waals surface area contributed by atoms with Crippen LogP contribution < -0.4 is 15.3 Å². The molecular weight excluding hydrogens is 453 g/mol. The molecule has 3 aromatic rings. The molecule has 0 amide bonds. The first kappa shape index (κ1) is 21.6. The third-order valence-corrected chi connectivity index (χ3v) is 5.85. The van der Waals surface area contributed by atoms with Crippen LogP contribution in [0.3, 0.4) is 0 Å². The summed E-state index contributed by atoms with van der Waals surface area (Å²) in [5, 5.41) is 23.9. The molecule has 1 fully saturated rings. The lowest BCUT2D eigenvalue weighted by Gasteiger charge is -2.11. The molecule has 172 valence electrons. The zero-order chi connectivity index (χ0) is 24.0. The summed E-state index contributed by atoms with van der Waals surface area (Å²) in [4.78, 5) is 20.1. The smallest absolute Gasteiger partial charge is 0.481 e. The second-order valence-electron chi connectivity index (χ2n) is 8.06. The monoisotopic (exact) mass is 468 g/mol. The van der Waals surface area contributed by atoms with Crippen molar-refractivity contribution in [3.05, 3.63) is 52.5 Å². The van der Waals surface area contributed by atoms with E-state index >= 15 is 0 Å². The Bertz CT molecular complexity index is 1470. The number of nitriles is 1. The lowest BCUT2D eigenvalue weighted by Crippen LogP contribution is -2.22. The van der Waals surface area contributed by atoms with Gasteiger partial charge in [-0.1, -0.05) is 5.16 Å². The Morgan fingerprint density at radius 1 is 1.24 bits per heavy atom. The van der Waals surface area contributed by atoms with Crippen molar-refractivity contribution in [2.24, 2.45) is 10.9 Å². The van der Waals surface area contributed by atoms with E-state index in [1.807, 2.05) is 6.07 Å². The van der Waals surface area contributed by atoms with Gasteiger partial charge < -0.3 is 14.4 Å². The number of rotatable bonds is 5. The van der Waals surface area contributed by atoms with Gasteiger partial charge in [-0.3, -0.25) is 9.79 Å². The first-order chi connectivity index (χ1) is 16.2. The molecule has 5 rings (SSSR count). The van der Waals surface area contributed by atoms with Crippen molar-refractivity contribution in [2.75, 3.05) is 0 Å². The summed E-state index contributed by atoms with van der Waals surface area (Å²) >= 11 is 0. The van der Waals surface area contributed by atoms with Gasteiger partial charge in [-0.2, -0.15) is 10.2 Å². The van der Waals surface area contributed by atoms with Crippen LogP contribution in [0.5, 0.6) is 5.75 Å². The molecule has 2 aliphatic rings. The number of carboxylic acid groups (broad SMARTS) is 1. The number of alkyl halides is 3. The number of halogens is 3. The largest absolute Gasteiger partial charge is 0.573 e. The lowest BCUT2D eigenvalue weighted by molar-refractivity contribution is -0.274. The maximum absolute atomic E-state index is 12.6. The molecule has 2 aromatic carbocycles. The Morgan fingerprint density at radius 3 is 2.79 bits per heavy atom. The number of fused-ring (bicyclic) bond motifs is 2. The molecule has 1 saturated carbocycles. The first-order valence-electron chi connectivity index (χ1n) is 10.3. The molecule has 11 heteroatoms. The van der Waals surface area contributed by atoms with Crippen molar-refractivity contribution in [3.8, 4) is 34.7 Å². The zero-order valence-corrected chi connectivity index (χ0v) is 17.3. The van der Waals surface area contributed by atoms with Crippen LogP contribution in [0.1, 0.15) is 24.8 Å². The minimum atomic E-state index is -4.92. The predicted octanol–water partition coefficient (Wildman–Crippen LogP) is 3.21. The number of hydrogen-bond acceptors (Lipinski definition) is 7. The van der Waals surface area contributed by atoms with Gasteiger partial charge in [0.1, 0.15) is 5.75 Å². The summed E-state index contributed by atoms with van der Waals surface area (Å²) in [6.07, 6.45) is -3.35. The van der Waals surface area contributed by atoms with Crippen LogP contribution in [0.4, 0.5) is 13.2 Å². The normalized spacial score (nSPS) is 18.7. The highest BCUT2D eigenvalue weighted by molar-refractivity contribution is 5.70. The van der Waals surface area contributed by atoms with Crippen LogP contribution in [-0.2, 0) is 4.79 Å². The molecule has 2 atom stereocenters. The van der Waals surface area contributed by atoms with E-state index in [0.717, 1.165) is 41.1 Å². The number of benzene rings is 2. The molecule has 2 unspecified atom stereocenters. The predicted molar refractivity (Wildman–Crippen MR) is 110 cm³/mol. The topological polar surface area (TPSA) is 122 Å². The third-order valence-electron chi connectivity index (χ3n) is 5.85. The van der Waals surface area contributed by atoms with Crippen molar-refractivity contribution in [1.29, 1.82) is 5.26 Å². The van der Waals surface area contributed by atoms with E-state index in [-0.39, 0.29) is 41.2 Å². The van der Waals surface area contributed by atoms with Gasteiger partial charge in [0.05, 0.1) is 29.5 Å². The summed E-state index contributed by atoms with van der Waals surface area (Å²) in [6.45, 7) is 0. The average molecular weight is 468 g/mol. The number of hydrogen-bond donors (Lipinski definition) is 1. The fourth-order valence-corrected chi connectivity index (χ4v) is 4.48. The van der Waals surface area contributed by atoms with Crippen molar-refractivity contribution >= 4 is 11.5 Å². The average Bonchev–Trinajstić information content (AvgIpc) is 3.48. The lowest BCUT2D eigenvalue weighted by atomic mass is 9.99. The molecule has 1 N–H and O–H groups in total. The van der Waals surface area contributed by atoms with E-state index in [1.165, 1.54) is 6.07 Å². The van der Waals surface area contributed by atoms with Crippen LogP contribution in [0.2, 0.25) is 0 Å². The highest BCUT2D eigenvalue weighted by atomic mass is 19.4. The van der Waals surface area contributed by atoms with E-state index in [4.69, 9.17) is 19.9 Å². The second kappa shape index (κ2) is 7.98. The maximum atomic E-state index is 12.6. The standard InChI is InChI=1S/C23H15F3N4O4/c24-23(25,26)33-15-6-11(10-27)5-14(7-15)22-29-21(30-34-22)13-2-4-18-17(8-13)16-3-1-12(9-19(31)32)20(16)28-18/h2,4-8,12,20H,1,3,9H2,(H,31,32). The zero-order valence-electron chi connectivity index (χ0n) is 17.3. The third kappa shape index (κ3) is 4.10. The fourth-order valence-electron chi connectivity index (χ4n) is 4.48. The molecule has 0 bridgehead atoms. The van der Waals surface area contributed by atoms with Crippen LogP contribution in [-0.4, -0.2) is 33.6 Å². The van der Waals surface area contributed by atoms with Crippen molar-refractivity contribution in [1.82, 2.24) is 10.1 Å². The van der Waals surface area contributed by atoms with Gasteiger partial charge in [0.2, 0.25) is 5.82 Å². The molecule has 1 aliphatic heterocycles. The van der Waals surface area contributed by atoms with Gasteiger partial charge >= 0.3 is 12.3 Å². The van der Waals surface area contributed by atoms with Crippen molar-refractivity contribution < 1.29 is 32.3 Å². The van der Waals surface area contributed by atoms with E-state index in [0.29, 0.717) is 5.56 Å². The Hall–Kier alpha value is -4.20. The Morgan fingerprint density at radius 2 is 2.06 bits per heavy atom. The molecule has 2 heterocycles. The number of nitrogens with zero attached hydrogens (tertiary/aromatic N) is 4. The molecule has 1 aliphatic carbocycles. The molecule has 34 heavy (non-hydrogen) atoms. The fraction of sp³-hybridized carbons (Fsp3) is 0.261. The van der Waals surface area contributed by atoms with E-state index in [1.54, 1.807) is 18.2 Å². The van der Waals surface area contributed by atoms with Gasteiger partial charge in [0.25, 0.3) is 5.89 Å². The number of carboxylic acids is 1. The van der Waals surface area contributed by atoms with E-state index < -0.39 is 18.1 Å². The molecule has 0 spiro atoms. The Balaban J connectivity index is 1.48. The van der Waals surface area contributed by atoms with Gasteiger partial charge in [0, 0.05) is 16.3 Å². The highest BCUT2D eigenvalue weighted by Gasteiger charge is 2.35. The van der Waals surface area contributed by atoms with Gasteiger partial charge in [-0.25, -0.2) is 0 Å². The van der Waals surface area contributed by atoms with Crippen LogP contribution in [0.15, 0.2) is 45.9 Å². The first-order valence-corrected chi connectivity index (χ1v) is 10.3. The summed E-state index contributed by atoms with van der Waals surface area (Å²) in [6, 6.07) is 10.4.